The van der Waals surface area contributed by atoms with E-state index in [9.17, 15) is 9.59 Å². The van der Waals surface area contributed by atoms with Gasteiger partial charge in [0.1, 0.15) is 5.82 Å². The molecule has 2 N–H and O–H groups in total. The van der Waals surface area contributed by atoms with Gasteiger partial charge in [0.15, 0.2) is 0 Å². The lowest BCUT2D eigenvalue weighted by molar-refractivity contribution is -0.120. The normalized spacial score (nSPS) is 16.0. The highest BCUT2D eigenvalue weighted by Gasteiger charge is 2.27. The van der Waals surface area contributed by atoms with Crippen LogP contribution in [-0.2, 0) is 4.79 Å². The number of rotatable bonds is 4. The fourth-order valence-electron chi connectivity index (χ4n) is 4.66. The zero-order valence-electron chi connectivity index (χ0n) is 19.4. The van der Waals surface area contributed by atoms with Gasteiger partial charge in [-0.2, -0.15) is 0 Å². The Morgan fingerprint density at radius 3 is 2.71 bits per heavy atom. The third kappa shape index (κ3) is 4.75. The highest BCUT2D eigenvalue weighted by Crippen LogP contribution is 2.32. The summed E-state index contributed by atoms with van der Waals surface area (Å²) in [6.45, 7) is 1.58. The van der Waals surface area contributed by atoms with E-state index in [1.165, 1.54) is 0 Å². The van der Waals surface area contributed by atoms with Crippen LogP contribution in [0.15, 0.2) is 57.9 Å². The molecule has 3 heterocycles. The summed E-state index contributed by atoms with van der Waals surface area (Å²) in [5.74, 6) is 0.287. The minimum atomic E-state index is -0.197. The van der Waals surface area contributed by atoms with Crippen LogP contribution in [0.25, 0.3) is 21.7 Å². The zero-order chi connectivity index (χ0) is 24.7. The number of H-pyrrole nitrogens is 1. The molecule has 0 aliphatic carbocycles. The Kier molecular flexibility index (Phi) is 6.71. The van der Waals surface area contributed by atoms with Crippen molar-refractivity contribution in [1.82, 2.24) is 9.97 Å². The molecule has 7 nitrogen and oxygen atoms in total. The highest BCUT2D eigenvalue weighted by atomic mass is 127. The number of benzene rings is 2. The molecule has 2 aromatic carbocycles. The highest BCUT2D eigenvalue weighted by molar-refractivity contribution is 14.1. The standard InChI is InChI=1S/C26H25BrIN5O2/c1-32(2)17-6-8-18(9-7-17)33-11-3-4-15(14-33)25(34)31-24-19-10-5-16(27)12-20(19)22-23(30-24)21(28)13-29-26(22)35/h5-10,12-13,15H,3-4,11,14H2,1-2H3,(H,29,35)(H,30,31,34)/t15-/m0/s1. The number of hydrogen-bond donors (Lipinski definition) is 2. The Morgan fingerprint density at radius 2 is 1.97 bits per heavy atom. The van der Waals surface area contributed by atoms with E-state index in [4.69, 9.17) is 4.98 Å². The summed E-state index contributed by atoms with van der Waals surface area (Å²) >= 11 is 5.67. The van der Waals surface area contributed by atoms with Gasteiger partial charge in [-0.05, 0) is 77.9 Å². The van der Waals surface area contributed by atoms with Gasteiger partial charge in [0.2, 0.25) is 5.91 Å². The average molecular weight is 646 g/mol. The van der Waals surface area contributed by atoms with Gasteiger partial charge < -0.3 is 20.1 Å². The maximum atomic E-state index is 13.4. The lowest BCUT2D eigenvalue weighted by Crippen LogP contribution is -2.40. The van der Waals surface area contributed by atoms with Crippen molar-refractivity contribution in [3.63, 3.8) is 0 Å². The number of nitrogens with one attached hydrogen (secondary N) is 2. The molecule has 4 aromatic rings. The van der Waals surface area contributed by atoms with E-state index in [0.717, 1.165) is 49.6 Å². The second-order valence-corrected chi connectivity index (χ2v) is 11.1. The fraction of sp³-hybridized carbons (Fsp3) is 0.269. The second kappa shape index (κ2) is 9.77. The molecule has 2 aromatic heterocycles. The van der Waals surface area contributed by atoms with Gasteiger partial charge in [-0.3, -0.25) is 9.59 Å². The molecule has 9 heteroatoms. The number of hydrogen-bond acceptors (Lipinski definition) is 5. The first-order valence-electron chi connectivity index (χ1n) is 11.4. The number of carbonyl (C=O) groups excluding carboxylic acids is 1. The predicted octanol–water partition coefficient (Wildman–Crippen LogP) is 5.36. The van der Waals surface area contributed by atoms with Gasteiger partial charge in [0.25, 0.3) is 5.56 Å². The largest absolute Gasteiger partial charge is 0.378 e. The van der Waals surface area contributed by atoms with E-state index < -0.39 is 0 Å². The lowest BCUT2D eigenvalue weighted by atomic mass is 9.96. The summed E-state index contributed by atoms with van der Waals surface area (Å²) in [6.07, 6.45) is 3.42. The number of halogens is 2. The van der Waals surface area contributed by atoms with E-state index in [0.29, 0.717) is 23.3 Å². The summed E-state index contributed by atoms with van der Waals surface area (Å²) in [4.78, 5) is 38.0. The molecule has 1 aliphatic heterocycles. The summed E-state index contributed by atoms with van der Waals surface area (Å²) in [6, 6.07) is 14.1. The number of carbonyl (C=O) groups is 1. The third-order valence-corrected chi connectivity index (χ3v) is 7.83. The molecular weight excluding hydrogens is 621 g/mol. The molecule has 5 rings (SSSR count). The smallest absolute Gasteiger partial charge is 0.258 e. The molecule has 0 radical (unpaired) electrons. The van der Waals surface area contributed by atoms with E-state index in [2.05, 4.69) is 82.9 Å². The molecule has 0 bridgehead atoms. The van der Waals surface area contributed by atoms with Crippen LogP contribution in [-0.4, -0.2) is 43.1 Å². The average Bonchev–Trinajstić information content (AvgIpc) is 2.86. The first-order valence-corrected chi connectivity index (χ1v) is 13.3. The summed E-state index contributed by atoms with van der Waals surface area (Å²) < 4.78 is 1.68. The van der Waals surface area contributed by atoms with Crippen LogP contribution in [0, 0.1) is 9.49 Å². The molecule has 1 fully saturated rings. The Morgan fingerprint density at radius 1 is 1.20 bits per heavy atom. The number of piperidine rings is 1. The van der Waals surface area contributed by atoms with E-state index in [1.807, 2.05) is 32.3 Å². The summed E-state index contributed by atoms with van der Waals surface area (Å²) in [5.41, 5.74) is 2.66. The first kappa shape index (κ1) is 24.1. The van der Waals surface area contributed by atoms with Crippen molar-refractivity contribution in [3.05, 3.63) is 67.1 Å². The van der Waals surface area contributed by atoms with Gasteiger partial charge in [-0.15, -0.1) is 0 Å². The van der Waals surface area contributed by atoms with Crippen molar-refractivity contribution in [3.8, 4) is 0 Å². The molecule has 180 valence electrons. The van der Waals surface area contributed by atoms with E-state index >= 15 is 0 Å². The van der Waals surface area contributed by atoms with Gasteiger partial charge in [-0.25, -0.2) is 4.98 Å². The fourth-order valence-corrected chi connectivity index (χ4v) is 5.57. The zero-order valence-corrected chi connectivity index (χ0v) is 23.2. The van der Waals surface area contributed by atoms with Crippen LogP contribution < -0.4 is 20.7 Å². The molecule has 1 amide bonds. The van der Waals surface area contributed by atoms with Crippen LogP contribution in [0.4, 0.5) is 17.2 Å². The van der Waals surface area contributed by atoms with Gasteiger partial charge >= 0.3 is 0 Å². The molecule has 1 atom stereocenters. The molecule has 1 aliphatic rings. The lowest BCUT2D eigenvalue weighted by Gasteiger charge is -2.34. The maximum Gasteiger partial charge on any atom is 0.258 e. The third-order valence-electron chi connectivity index (χ3n) is 6.51. The van der Waals surface area contributed by atoms with Crippen molar-refractivity contribution >= 4 is 83.3 Å². The number of anilines is 3. The van der Waals surface area contributed by atoms with Gasteiger partial charge in [-0.1, -0.05) is 15.9 Å². The minimum Gasteiger partial charge on any atom is -0.378 e. The molecule has 0 spiro atoms. The van der Waals surface area contributed by atoms with Gasteiger partial charge in [0.05, 0.1) is 20.4 Å². The molecule has 1 saturated heterocycles. The Labute approximate surface area is 225 Å². The minimum absolute atomic E-state index is 0.0458. The topological polar surface area (TPSA) is 81.3 Å². The predicted molar refractivity (Wildman–Crippen MR) is 155 cm³/mol. The summed E-state index contributed by atoms with van der Waals surface area (Å²) in [7, 11) is 4.05. The Balaban J connectivity index is 1.45. The molecule has 0 unspecified atom stereocenters. The van der Waals surface area contributed by atoms with Crippen molar-refractivity contribution in [2.24, 2.45) is 5.92 Å². The van der Waals surface area contributed by atoms with E-state index in [1.54, 1.807) is 6.20 Å². The number of aromatic amines is 1. The van der Waals surface area contributed by atoms with E-state index in [-0.39, 0.29) is 17.4 Å². The quantitative estimate of drug-likeness (QED) is 0.231. The number of aromatic nitrogens is 2. The van der Waals surface area contributed by atoms with Crippen molar-refractivity contribution in [1.29, 1.82) is 0 Å². The Hall–Kier alpha value is -2.66. The van der Waals surface area contributed by atoms with Crippen LogP contribution >= 0.6 is 38.5 Å². The molecular formula is C26H25BrIN5O2. The van der Waals surface area contributed by atoms with Crippen molar-refractivity contribution in [2.75, 3.05) is 42.3 Å². The number of nitrogens with zero attached hydrogens (tertiary/aromatic N) is 3. The second-order valence-electron chi connectivity index (χ2n) is 9.02. The first-order chi connectivity index (χ1) is 16.8. The number of fused-ring (bicyclic) bond motifs is 3. The van der Waals surface area contributed by atoms with Crippen LogP contribution in [0.5, 0.6) is 0 Å². The Bertz CT molecular complexity index is 1490. The SMILES string of the molecule is CN(C)c1ccc(N2CCC[C@H](C(=O)Nc3nc4c(I)c[nH]c(=O)c4c4cc(Br)ccc34)C2)cc1. The van der Waals surface area contributed by atoms with Crippen molar-refractivity contribution in [2.45, 2.75) is 12.8 Å². The monoisotopic (exact) mass is 645 g/mol. The van der Waals surface area contributed by atoms with Crippen LogP contribution in [0.2, 0.25) is 0 Å². The van der Waals surface area contributed by atoms with Crippen LogP contribution in [0.3, 0.4) is 0 Å². The number of amides is 1. The molecule has 35 heavy (non-hydrogen) atoms. The summed E-state index contributed by atoms with van der Waals surface area (Å²) in [5, 5.41) is 5.12. The number of pyridine rings is 2. The van der Waals surface area contributed by atoms with Crippen LogP contribution in [0.1, 0.15) is 12.8 Å². The van der Waals surface area contributed by atoms with Crippen molar-refractivity contribution < 1.29 is 4.79 Å². The maximum absolute atomic E-state index is 13.4. The molecule has 0 saturated carbocycles. The van der Waals surface area contributed by atoms with Gasteiger partial charge in [0, 0.05) is 60.0 Å².